The van der Waals surface area contributed by atoms with Crippen LogP contribution < -0.4 is 0 Å². The van der Waals surface area contributed by atoms with Crippen molar-refractivity contribution < 1.29 is 9.84 Å². The van der Waals surface area contributed by atoms with E-state index in [2.05, 4.69) is 30.8 Å². The Balaban J connectivity index is 2.35. The Labute approximate surface area is 135 Å². The molecular formula is C20H30O2. The van der Waals surface area contributed by atoms with Gasteiger partial charge in [0.25, 0.3) is 0 Å². The van der Waals surface area contributed by atoms with Crippen LogP contribution in [0.2, 0.25) is 0 Å². The van der Waals surface area contributed by atoms with Crippen LogP contribution in [0, 0.1) is 0 Å². The molecule has 0 atom stereocenters. The first-order chi connectivity index (χ1) is 10.1. The summed E-state index contributed by atoms with van der Waals surface area (Å²) in [6.07, 6.45) is 4.37. The van der Waals surface area contributed by atoms with Gasteiger partial charge in [-0.2, -0.15) is 0 Å². The Bertz CT molecular complexity index is 526. The number of benzene rings is 1. The summed E-state index contributed by atoms with van der Waals surface area (Å²) in [6, 6.07) is 8.57. The summed E-state index contributed by atoms with van der Waals surface area (Å²) in [5.74, 6) is 0. The van der Waals surface area contributed by atoms with Gasteiger partial charge >= 0.3 is 0 Å². The van der Waals surface area contributed by atoms with Crippen LogP contribution >= 0.6 is 0 Å². The minimum atomic E-state index is -0.889. The van der Waals surface area contributed by atoms with Gasteiger partial charge in [-0.15, -0.1) is 0 Å². The van der Waals surface area contributed by atoms with Crippen molar-refractivity contribution in [3.8, 4) is 0 Å². The molecule has 122 valence electrons. The first kappa shape index (κ1) is 17.2. The lowest BCUT2D eigenvalue weighted by atomic mass is 9.85. The monoisotopic (exact) mass is 302 g/mol. The minimum absolute atomic E-state index is 0.281. The summed E-state index contributed by atoms with van der Waals surface area (Å²) in [5, 5.41) is 10.4. The first-order valence-corrected chi connectivity index (χ1v) is 8.26. The van der Waals surface area contributed by atoms with Crippen LogP contribution in [0.15, 0.2) is 30.8 Å². The van der Waals surface area contributed by atoms with Crippen molar-refractivity contribution in [3.63, 3.8) is 0 Å². The molecule has 0 radical (unpaired) electrons. The van der Waals surface area contributed by atoms with Gasteiger partial charge in [0.2, 0.25) is 0 Å². The number of allylic oxidation sites excluding steroid dienone is 1. The molecule has 0 aromatic heterocycles. The topological polar surface area (TPSA) is 29.5 Å². The maximum absolute atomic E-state index is 10.4. The van der Waals surface area contributed by atoms with Crippen LogP contribution in [0.5, 0.6) is 0 Å². The van der Waals surface area contributed by atoms with E-state index in [0.717, 1.165) is 18.4 Å². The normalized spacial score (nSPS) is 18.5. The maximum atomic E-state index is 10.4. The van der Waals surface area contributed by atoms with E-state index >= 15 is 0 Å². The van der Waals surface area contributed by atoms with Gasteiger partial charge in [0.05, 0.1) is 16.8 Å². The average Bonchev–Trinajstić information content (AvgIpc) is 2.86. The zero-order valence-corrected chi connectivity index (χ0v) is 14.7. The Morgan fingerprint density at radius 3 is 2.00 bits per heavy atom. The van der Waals surface area contributed by atoms with Gasteiger partial charge in [-0.05, 0) is 58.6 Å². The summed E-state index contributed by atoms with van der Waals surface area (Å²) in [7, 11) is 0. The molecule has 2 heteroatoms. The molecule has 1 aliphatic rings. The molecule has 2 rings (SSSR count). The fourth-order valence-corrected chi connectivity index (χ4v) is 3.07. The third kappa shape index (κ3) is 3.28. The molecule has 0 amide bonds. The molecule has 1 fully saturated rings. The third-order valence-corrected chi connectivity index (χ3v) is 5.24. The molecule has 0 bridgehead atoms. The zero-order valence-electron chi connectivity index (χ0n) is 14.7. The lowest BCUT2D eigenvalue weighted by molar-refractivity contribution is -0.216. The van der Waals surface area contributed by atoms with Gasteiger partial charge in [-0.3, -0.25) is 0 Å². The molecule has 1 N–H and O–H groups in total. The molecule has 1 aliphatic carbocycles. The van der Waals surface area contributed by atoms with Gasteiger partial charge in [0.15, 0.2) is 0 Å². The van der Waals surface area contributed by atoms with Gasteiger partial charge in [-0.1, -0.05) is 49.3 Å². The molecule has 0 heterocycles. The van der Waals surface area contributed by atoms with E-state index in [4.69, 9.17) is 4.74 Å². The SMILES string of the molecule is C=C(C)c1ccc(C2(OC(C)(C)C(C)(C)O)CCCC2)cc1. The largest absolute Gasteiger partial charge is 0.387 e. The van der Waals surface area contributed by atoms with E-state index in [0.29, 0.717) is 0 Å². The molecule has 0 unspecified atom stereocenters. The summed E-state index contributed by atoms with van der Waals surface area (Å²) in [6.45, 7) is 13.6. The predicted molar refractivity (Wildman–Crippen MR) is 92.8 cm³/mol. The second kappa shape index (κ2) is 5.82. The number of rotatable bonds is 5. The highest BCUT2D eigenvalue weighted by molar-refractivity contribution is 5.61. The van der Waals surface area contributed by atoms with Crippen molar-refractivity contribution in [1.82, 2.24) is 0 Å². The van der Waals surface area contributed by atoms with E-state index < -0.39 is 11.2 Å². The maximum Gasteiger partial charge on any atom is 0.0940 e. The Kier molecular flexibility index (Phi) is 4.56. The van der Waals surface area contributed by atoms with Crippen molar-refractivity contribution >= 4 is 5.57 Å². The summed E-state index contributed by atoms with van der Waals surface area (Å²) in [5.41, 5.74) is 1.68. The van der Waals surface area contributed by atoms with Crippen molar-refractivity contribution in [2.75, 3.05) is 0 Å². The van der Waals surface area contributed by atoms with E-state index in [9.17, 15) is 5.11 Å². The fraction of sp³-hybridized carbons (Fsp3) is 0.600. The highest BCUT2D eigenvalue weighted by Gasteiger charge is 2.46. The predicted octanol–water partition coefficient (Wildman–Crippen LogP) is 5.06. The van der Waals surface area contributed by atoms with Crippen molar-refractivity contribution in [2.45, 2.75) is 77.1 Å². The van der Waals surface area contributed by atoms with Crippen LogP contribution in [0.4, 0.5) is 0 Å². The van der Waals surface area contributed by atoms with Gasteiger partial charge in [0.1, 0.15) is 0 Å². The molecule has 0 aliphatic heterocycles. The molecule has 0 spiro atoms. The first-order valence-electron chi connectivity index (χ1n) is 8.26. The second-order valence-electron chi connectivity index (χ2n) is 7.73. The standard InChI is InChI=1S/C20H30O2/c1-15(2)16-9-11-17(12-10-16)20(13-7-8-14-20)22-19(5,6)18(3,4)21/h9-12,21H,1,7-8,13-14H2,2-6H3. The molecular weight excluding hydrogens is 272 g/mol. The fourth-order valence-electron chi connectivity index (χ4n) is 3.07. The molecule has 1 aromatic carbocycles. The van der Waals surface area contributed by atoms with Crippen LogP contribution in [0.1, 0.15) is 71.4 Å². The number of ether oxygens (including phenoxy) is 1. The second-order valence-corrected chi connectivity index (χ2v) is 7.73. The van der Waals surface area contributed by atoms with Crippen LogP contribution in [-0.2, 0) is 10.3 Å². The quantitative estimate of drug-likeness (QED) is 0.824. The van der Waals surface area contributed by atoms with E-state index in [1.165, 1.54) is 24.0 Å². The Morgan fingerprint density at radius 1 is 1.09 bits per heavy atom. The zero-order chi connectivity index (χ0) is 16.6. The summed E-state index contributed by atoms with van der Waals surface area (Å²) < 4.78 is 6.56. The summed E-state index contributed by atoms with van der Waals surface area (Å²) >= 11 is 0. The number of hydrogen-bond acceptors (Lipinski definition) is 2. The highest BCUT2D eigenvalue weighted by Crippen LogP contribution is 2.46. The van der Waals surface area contributed by atoms with E-state index in [-0.39, 0.29) is 5.60 Å². The smallest absolute Gasteiger partial charge is 0.0940 e. The Morgan fingerprint density at radius 2 is 1.59 bits per heavy atom. The molecule has 1 saturated carbocycles. The van der Waals surface area contributed by atoms with Gasteiger partial charge in [0, 0.05) is 0 Å². The summed E-state index contributed by atoms with van der Waals surface area (Å²) in [4.78, 5) is 0. The third-order valence-electron chi connectivity index (χ3n) is 5.24. The number of hydrogen-bond donors (Lipinski definition) is 1. The Hall–Kier alpha value is -1.12. The van der Waals surface area contributed by atoms with E-state index in [1.807, 2.05) is 34.6 Å². The van der Waals surface area contributed by atoms with Crippen molar-refractivity contribution in [3.05, 3.63) is 42.0 Å². The lowest BCUT2D eigenvalue weighted by Gasteiger charge is -2.45. The molecule has 1 aromatic rings. The minimum Gasteiger partial charge on any atom is -0.387 e. The average molecular weight is 302 g/mol. The van der Waals surface area contributed by atoms with Crippen molar-refractivity contribution in [1.29, 1.82) is 0 Å². The number of aliphatic hydroxyl groups is 1. The van der Waals surface area contributed by atoms with Crippen molar-refractivity contribution in [2.24, 2.45) is 0 Å². The lowest BCUT2D eigenvalue weighted by Crippen LogP contribution is -2.51. The van der Waals surface area contributed by atoms with Gasteiger partial charge < -0.3 is 9.84 Å². The molecule has 22 heavy (non-hydrogen) atoms. The van der Waals surface area contributed by atoms with Crippen LogP contribution in [0.25, 0.3) is 5.57 Å². The van der Waals surface area contributed by atoms with Crippen LogP contribution in [-0.4, -0.2) is 16.3 Å². The highest BCUT2D eigenvalue weighted by atomic mass is 16.5. The van der Waals surface area contributed by atoms with E-state index in [1.54, 1.807) is 0 Å². The van der Waals surface area contributed by atoms with Crippen LogP contribution in [0.3, 0.4) is 0 Å². The molecule has 0 saturated heterocycles. The van der Waals surface area contributed by atoms with Gasteiger partial charge in [-0.25, -0.2) is 0 Å². The molecule has 2 nitrogen and oxygen atoms in total.